The Morgan fingerprint density at radius 3 is 1.61 bits per heavy atom. The highest BCUT2D eigenvalue weighted by atomic mass is 19.1. The first-order valence-corrected chi connectivity index (χ1v) is 5.44. The van der Waals surface area contributed by atoms with Gasteiger partial charge in [-0.05, 0) is 0 Å². The second kappa shape index (κ2) is 3.16. The number of rotatable bonds is 0. The van der Waals surface area contributed by atoms with Crippen molar-refractivity contribution in [3.63, 3.8) is 0 Å². The molecule has 0 aliphatic carbocycles. The van der Waals surface area contributed by atoms with Crippen LogP contribution in [0.2, 0.25) is 0 Å². The van der Waals surface area contributed by atoms with Gasteiger partial charge in [-0.1, -0.05) is 0 Å². The van der Waals surface area contributed by atoms with Crippen molar-refractivity contribution in [3.8, 4) is 0 Å². The molecule has 6 heteroatoms. The fraction of sp³-hybridized carbons (Fsp3) is 0.167. The Morgan fingerprint density at radius 2 is 1.17 bits per heavy atom. The molecule has 0 amide bonds. The standard InChI is InChI=1S/C12H6F2N4/c13-5-1-7-11(17-3-15-7)10-6(14)2-8-12(9(5)10)18-4-16-8/h1-2H,3-4H2. The predicted molar refractivity (Wildman–Crippen MR) is 58.2 cm³/mol. The molecule has 2 heterocycles. The summed E-state index contributed by atoms with van der Waals surface area (Å²) in [6.07, 6.45) is 0. The first-order chi connectivity index (χ1) is 8.75. The fourth-order valence-corrected chi connectivity index (χ4v) is 2.40. The summed E-state index contributed by atoms with van der Waals surface area (Å²) in [5.41, 5.74) is 0. The maximum atomic E-state index is 14.1. The molecule has 88 valence electrons. The highest BCUT2D eigenvalue weighted by Crippen LogP contribution is 2.11. The number of fused-ring (bicyclic) bond motifs is 5. The minimum Gasteiger partial charge on any atom is -0.260 e. The van der Waals surface area contributed by atoms with Crippen LogP contribution in [0.4, 0.5) is 8.78 Å². The van der Waals surface area contributed by atoms with E-state index in [1.54, 1.807) is 0 Å². The molecule has 2 aliphatic heterocycles. The molecule has 0 atom stereocenters. The van der Waals surface area contributed by atoms with Crippen LogP contribution >= 0.6 is 0 Å². The van der Waals surface area contributed by atoms with Crippen LogP contribution in [0, 0.1) is 11.6 Å². The lowest BCUT2D eigenvalue weighted by molar-refractivity contribution is 0.624. The molecule has 0 N–H and O–H groups in total. The van der Waals surface area contributed by atoms with Gasteiger partial charge in [-0.3, -0.25) is 20.0 Å². The maximum Gasteiger partial charge on any atom is 0.135 e. The van der Waals surface area contributed by atoms with Crippen LogP contribution in [-0.4, -0.2) is 13.3 Å². The van der Waals surface area contributed by atoms with Crippen LogP contribution in [0.3, 0.4) is 0 Å². The van der Waals surface area contributed by atoms with E-state index in [4.69, 9.17) is 0 Å². The van der Waals surface area contributed by atoms with E-state index in [0.717, 1.165) is 0 Å². The smallest absolute Gasteiger partial charge is 0.135 e. The predicted octanol–water partition coefficient (Wildman–Crippen LogP) is -0.461. The van der Waals surface area contributed by atoms with E-state index in [1.807, 2.05) is 0 Å². The van der Waals surface area contributed by atoms with E-state index in [-0.39, 0.29) is 24.1 Å². The minimum atomic E-state index is -0.527. The first-order valence-electron chi connectivity index (χ1n) is 5.44. The van der Waals surface area contributed by atoms with Gasteiger partial charge in [0.25, 0.3) is 0 Å². The lowest BCUT2D eigenvalue weighted by atomic mass is 10.1. The molecule has 0 aromatic heterocycles. The van der Waals surface area contributed by atoms with Crippen molar-refractivity contribution >= 4 is 10.8 Å². The normalized spacial score (nSPS) is 15.4. The van der Waals surface area contributed by atoms with E-state index in [2.05, 4.69) is 20.0 Å². The Hall–Kier alpha value is -2.24. The van der Waals surface area contributed by atoms with E-state index in [9.17, 15) is 8.78 Å². The van der Waals surface area contributed by atoms with Crippen molar-refractivity contribution in [2.75, 3.05) is 13.3 Å². The van der Waals surface area contributed by atoms with E-state index in [0.29, 0.717) is 21.4 Å². The lowest BCUT2D eigenvalue weighted by Crippen LogP contribution is -2.31. The molecule has 0 radical (unpaired) electrons. The second-order valence-corrected chi connectivity index (χ2v) is 4.12. The van der Waals surface area contributed by atoms with Gasteiger partial charge in [0.2, 0.25) is 0 Å². The van der Waals surface area contributed by atoms with E-state index in [1.165, 1.54) is 12.1 Å². The Bertz CT molecular complexity index is 868. The van der Waals surface area contributed by atoms with Crippen LogP contribution in [0.25, 0.3) is 10.8 Å². The third kappa shape index (κ3) is 1.07. The molecular weight excluding hydrogens is 238 g/mol. The zero-order valence-corrected chi connectivity index (χ0v) is 9.11. The lowest BCUT2D eigenvalue weighted by Gasteiger charge is -2.00. The van der Waals surface area contributed by atoms with Gasteiger partial charge in [0.05, 0.1) is 32.2 Å². The number of nitrogens with zero attached hydrogens (tertiary/aromatic N) is 4. The molecule has 0 bridgehead atoms. The van der Waals surface area contributed by atoms with Gasteiger partial charge >= 0.3 is 0 Å². The number of hydrogen-bond donors (Lipinski definition) is 0. The van der Waals surface area contributed by atoms with Crippen molar-refractivity contribution in [3.05, 3.63) is 45.2 Å². The van der Waals surface area contributed by atoms with Crippen LogP contribution in [0.15, 0.2) is 32.1 Å². The number of benzene rings is 2. The first kappa shape index (κ1) is 9.76. The Labute approximate surface area is 98.7 Å². The van der Waals surface area contributed by atoms with Crippen LogP contribution in [0.5, 0.6) is 0 Å². The zero-order valence-electron chi connectivity index (χ0n) is 9.11. The summed E-state index contributed by atoms with van der Waals surface area (Å²) in [7, 11) is 0. The molecular formula is C12H6F2N4. The zero-order chi connectivity index (χ0) is 12.3. The van der Waals surface area contributed by atoms with Crippen molar-refractivity contribution in [1.82, 2.24) is 0 Å². The third-order valence-corrected chi connectivity index (χ3v) is 3.15. The summed E-state index contributed by atoms with van der Waals surface area (Å²) in [6, 6.07) is 2.56. The van der Waals surface area contributed by atoms with Crippen molar-refractivity contribution in [1.29, 1.82) is 0 Å². The molecule has 0 spiro atoms. The van der Waals surface area contributed by atoms with E-state index < -0.39 is 11.6 Å². The fourth-order valence-electron chi connectivity index (χ4n) is 2.40. The van der Waals surface area contributed by atoms with Crippen molar-refractivity contribution < 1.29 is 8.78 Å². The average Bonchev–Trinajstić information content (AvgIpc) is 2.95. The quantitative estimate of drug-likeness (QED) is 0.602. The monoisotopic (exact) mass is 244 g/mol. The Balaban J connectivity index is 2.47. The second-order valence-electron chi connectivity index (χ2n) is 4.12. The third-order valence-electron chi connectivity index (χ3n) is 3.15. The van der Waals surface area contributed by atoms with Crippen molar-refractivity contribution in [2.24, 2.45) is 20.0 Å². The van der Waals surface area contributed by atoms with Gasteiger partial charge in [0.15, 0.2) is 0 Å². The summed E-state index contributed by atoms with van der Waals surface area (Å²) in [5, 5.41) is 1.93. The Morgan fingerprint density at radius 1 is 0.722 bits per heavy atom. The summed E-state index contributed by atoms with van der Waals surface area (Å²) in [6.45, 7) is 0.428. The molecule has 4 nitrogen and oxygen atoms in total. The molecule has 18 heavy (non-hydrogen) atoms. The van der Waals surface area contributed by atoms with Gasteiger partial charge in [-0.15, -0.1) is 0 Å². The summed E-state index contributed by atoms with van der Waals surface area (Å²) < 4.78 is 28.2. The van der Waals surface area contributed by atoms with Crippen LogP contribution < -0.4 is 21.4 Å². The molecule has 2 aliphatic rings. The molecule has 0 saturated heterocycles. The Kier molecular flexibility index (Phi) is 1.71. The number of hydrogen-bond acceptors (Lipinski definition) is 4. The minimum absolute atomic E-state index is 0.158. The van der Waals surface area contributed by atoms with Gasteiger partial charge < -0.3 is 0 Å². The van der Waals surface area contributed by atoms with Crippen LogP contribution in [0.1, 0.15) is 0 Å². The van der Waals surface area contributed by atoms with Gasteiger partial charge in [-0.2, -0.15) is 0 Å². The summed E-state index contributed by atoms with van der Waals surface area (Å²) >= 11 is 0. The SMILES string of the molecule is Fc1cc2c(c3c(F)cc4c(c13)=NCN=4)=NCN=2. The highest BCUT2D eigenvalue weighted by molar-refractivity contribution is 5.83. The molecule has 0 fully saturated rings. The molecule has 2 aromatic carbocycles. The van der Waals surface area contributed by atoms with Gasteiger partial charge in [0, 0.05) is 12.1 Å². The largest absolute Gasteiger partial charge is 0.260 e. The molecule has 4 rings (SSSR count). The van der Waals surface area contributed by atoms with Gasteiger partial charge in [-0.25, -0.2) is 8.78 Å². The molecule has 2 aromatic rings. The van der Waals surface area contributed by atoms with Crippen molar-refractivity contribution in [2.45, 2.75) is 0 Å². The summed E-state index contributed by atoms with van der Waals surface area (Å²) in [4.78, 5) is 16.3. The highest BCUT2D eigenvalue weighted by Gasteiger charge is 2.16. The summed E-state index contributed by atoms with van der Waals surface area (Å²) in [5.74, 6) is -1.05. The molecule has 0 unspecified atom stereocenters. The number of halogens is 2. The van der Waals surface area contributed by atoms with Gasteiger partial charge in [0.1, 0.15) is 25.0 Å². The van der Waals surface area contributed by atoms with Crippen LogP contribution in [-0.2, 0) is 0 Å². The average molecular weight is 244 g/mol. The molecule has 0 saturated carbocycles. The topological polar surface area (TPSA) is 49.4 Å². The maximum absolute atomic E-state index is 14.1. The van der Waals surface area contributed by atoms with E-state index >= 15 is 0 Å².